The largest absolute Gasteiger partial charge is 0.505 e. The zero-order valence-electron chi connectivity index (χ0n) is 26.3. The number of rotatable bonds is 12. The van der Waals surface area contributed by atoms with E-state index in [1.807, 2.05) is 36.6 Å². The van der Waals surface area contributed by atoms with Gasteiger partial charge in [0.1, 0.15) is 22.9 Å². The highest BCUT2D eigenvalue weighted by Crippen LogP contribution is 2.44. The number of hydrogen-bond donors (Lipinski definition) is 1. The van der Waals surface area contributed by atoms with Crippen LogP contribution in [0.15, 0.2) is 76.8 Å². The molecule has 5 aromatic rings. The Labute approximate surface area is 280 Å². The van der Waals surface area contributed by atoms with E-state index >= 15 is 0 Å². The van der Waals surface area contributed by atoms with Gasteiger partial charge in [0.25, 0.3) is 5.78 Å². The molecule has 9 nitrogen and oxygen atoms in total. The number of Topliss-reactive ketones (excluding diaryl/α,β-unsaturated/α-hetero) is 1. The fourth-order valence-electron chi connectivity index (χ4n) is 5.57. The van der Waals surface area contributed by atoms with E-state index in [0.29, 0.717) is 39.4 Å². The molecule has 1 aliphatic heterocycles. The van der Waals surface area contributed by atoms with Gasteiger partial charge in [-0.2, -0.15) is 0 Å². The zero-order valence-corrected chi connectivity index (χ0v) is 27.9. The maximum atomic E-state index is 13.8. The number of ether oxygens (including phenoxy) is 1. The fraction of sp³-hybridized carbons (Fsp3) is 0.286. The number of amides is 1. The number of halogens is 1. The predicted octanol–water partition coefficient (Wildman–Crippen LogP) is 7.82. The number of benzene rings is 2. The van der Waals surface area contributed by atoms with E-state index in [9.17, 15) is 19.1 Å². The van der Waals surface area contributed by atoms with Gasteiger partial charge in [-0.25, -0.2) is 9.37 Å². The quantitative estimate of drug-likeness (QED) is 0.0357. The van der Waals surface area contributed by atoms with Crippen molar-refractivity contribution in [3.63, 3.8) is 0 Å². The first-order valence-corrected chi connectivity index (χ1v) is 17.3. The van der Waals surface area contributed by atoms with Gasteiger partial charge in [-0.1, -0.05) is 79.6 Å². The molecule has 0 radical (unpaired) electrons. The van der Waals surface area contributed by atoms with Crippen molar-refractivity contribution in [3.05, 3.63) is 106 Å². The van der Waals surface area contributed by atoms with Crippen molar-refractivity contribution in [2.24, 2.45) is 0 Å². The van der Waals surface area contributed by atoms with Crippen LogP contribution >= 0.6 is 23.1 Å². The number of aryl methyl sites for hydroxylation is 2. The van der Waals surface area contributed by atoms with Crippen LogP contribution in [-0.4, -0.2) is 43.0 Å². The second-order valence-corrected chi connectivity index (χ2v) is 13.5. The number of hydrogen-bond acceptors (Lipinski definition) is 9. The number of carbonyl (C=O) groups is 2. The summed E-state index contributed by atoms with van der Waals surface area (Å²) < 4.78 is 21.7. The number of aliphatic hydroxyl groups excluding tert-OH is 1. The lowest BCUT2D eigenvalue weighted by molar-refractivity contribution is -0.132. The van der Waals surface area contributed by atoms with E-state index in [4.69, 9.17) is 4.74 Å². The summed E-state index contributed by atoms with van der Waals surface area (Å²) in [5.74, 6) is -1.14. The van der Waals surface area contributed by atoms with Gasteiger partial charge in [0.15, 0.2) is 10.1 Å². The lowest BCUT2D eigenvalue weighted by Crippen LogP contribution is -2.29. The van der Waals surface area contributed by atoms with E-state index in [1.54, 1.807) is 36.4 Å². The first-order chi connectivity index (χ1) is 22.8. The van der Waals surface area contributed by atoms with Crippen molar-refractivity contribution in [1.29, 1.82) is 0 Å². The Morgan fingerprint density at radius 2 is 1.79 bits per heavy atom. The number of pyridine rings is 1. The molecule has 242 valence electrons. The third kappa shape index (κ3) is 6.66. The minimum atomic E-state index is -0.984. The Kier molecular flexibility index (Phi) is 9.69. The summed E-state index contributed by atoms with van der Waals surface area (Å²) in [4.78, 5) is 33.5. The van der Waals surface area contributed by atoms with Crippen LogP contribution in [-0.2, 0) is 15.3 Å². The fourth-order valence-corrected chi connectivity index (χ4v) is 7.39. The van der Waals surface area contributed by atoms with Crippen LogP contribution < -0.4 is 9.64 Å². The molecule has 0 bridgehead atoms. The first kappa shape index (κ1) is 32.4. The minimum absolute atomic E-state index is 0.0805. The van der Waals surface area contributed by atoms with Gasteiger partial charge >= 0.3 is 5.91 Å². The van der Waals surface area contributed by atoms with Crippen LogP contribution in [0.2, 0.25) is 0 Å². The lowest BCUT2D eigenvalue weighted by atomic mass is 9.96. The van der Waals surface area contributed by atoms with Gasteiger partial charge in [-0.3, -0.25) is 14.5 Å². The highest BCUT2D eigenvalue weighted by Gasteiger charge is 2.49. The Balaban J connectivity index is 1.37. The normalized spacial score (nSPS) is 16.0. The third-order valence-electron chi connectivity index (χ3n) is 8.09. The second kappa shape index (κ2) is 14.1. The number of unbranched alkanes of at least 4 members (excludes halogenated alkanes) is 3. The summed E-state index contributed by atoms with van der Waals surface area (Å²) >= 11 is 2.56. The summed E-state index contributed by atoms with van der Waals surface area (Å²) in [5, 5.41) is 20.5. The monoisotopic (exact) mass is 671 g/mol. The van der Waals surface area contributed by atoms with Crippen molar-refractivity contribution in [2.45, 2.75) is 62.6 Å². The third-order valence-corrected chi connectivity index (χ3v) is 10.2. The maximum absolute atomic E-state index is 13.8. The smallest absolute Gasteiger partial charge is 0.301 e. The Morgan fingerprint density at radius 1 is 1.02 bits per heavy atom. The zero-order chi connectivity index (χ0) is 33.1. The number of fused-ring (bicyclic) bond motifs is 1. The Hall–Kier alpha value is -4.55. The van der Waals surface area contributed by atoms with Crippen molar-refractivity contribution in [1.82, 2.24) is 19.6 Å². The summed E-state index contributed by atoms with van der Waals surface area (Å²) in [6.45, 7) is 6.48. The molecule has 1 amide bonds. The van der Waals surface area contributed by atoms with E-state index in [0.717, 1.165) is 36.8 Å². The lowest BCUT2D eigenvalue weighted by Gasteiger charge is -2.22. The Morgan fingerprint density at radius 3 is 2.51 bits per heavy atom. The van der Waals surface area contributed by atoms with Gasteiger partial charge in [0.05, 0.1) is 23.9 Å². The number of aliphatic hydroxyl groups is 1. The summed E-state index contributed by atoms with van der Waals surface area (Å²) in [6.07, 6.45) is 6.18. The molecule has 47 heavy (non-hydrogen) atoms. The molecule has 1 N–H and O–H groups in total. The van der Waals surface area contributed by atoms with E-state index in [2.05, 4.69) is 22.1 Å². The van der Waals surface area contributed by atoms with Crippen LogP contribution in [0.3, 0.4) is 0 Å². The number of carbonyl (C=O) groups excluding carboxylic acids is 2. The Bertz CT molecular complexity index is 1950. The summed E-state index contributed by atoms with van der Waals surface area (Å²) in [7, 11) is 0. The molecule has 1 atom stereocenters. The predicted molar refractivity (Wildman–Crippen MR) is 181 cm³/mol. The van der Waals surface area contributed by atoms with E-state index in [1.165, 1.54) is 40.1 Å². The summed E-state index contributed by atoms with van der Waals surface area (Å²) in [6, 6.07) is 16.2. The average molecular weight is 672 g/mol. The molecular formula is C35H34FN5O4S2. The van der Waals surface area contributed by atoms with Crippen LogP contribution in [0.25, 0.3) is 11.4 Å². The molecule has 0 aliphatic carbocycles. The van der Waals surface area contributed by atoms with Gasteiger partial charge in [0, 0.05) is 11.9 Å². The molecule has 6 rings (SSSR count). The number of aromatic nitrogens is 4. The van der Waals surface area contributed by atoms with Crippen molar-refractivity contribution in [2.75, 3.05) is 11.5 Å². The van der Waals surface area contributed by atoms with Gasteiger partial charge in [-0.15, -0.1) is 10.2 Å². The van der Waals surface area contributed by atoms with Crippen LogP contribution in [0.1, 0.15) is 66.7 Å². The summed E-state index contributed by atoms with van der Waals surface area (Å²) in [5.41, 5.74) is 3.82. The molecular weight excluding hydrogens is 638 g/mol. The molecule has 12 heteroatoms. The molecule has 2 aromatic carbocycles. The molecule has 4 heterocycles. The van der Waals surface area contributed by atoms with Crippen LogP contribution in [0.4, 0.5) is 9.52 Å². The average Bonchev–Trinajstić information content (AvgIpc) is 3.75. The molecule has 0 spiro atoms. The highest BCUT2D eigenvalue weighted by molar-refractivity contribution is 8.00. The standard InChI is InChI=1S/C35H34FN5O4S2/c1-4-5-6-7-19-45-26-16-12-24(13-17-26)29-27(30(42)28-22(3)40-18-8-9-21(2)32(40)37-28)31(43)33(44)41(29)34-38-39-35(47-34)46-20-23-10-14-25(36)15-11-23/h8-18,29,42H,4-7,19-20H2,1-3H3/b30-27+. The minimum Gasteiger partial charge on any atom is -0.505 e. The molecule has 1 aliphatic rings. The molecule has 3 aromatic heterocycles. The van der Waals surface area contributed by atoms with Crippen LogP contribution in [0, 0.1) is 19.7 Å². The number of thioether (sulfide) groups is 1. The molecule has 0 saturated carbocycles. The van der Waals surface area contributed by atoms with Crippen LogP contribution in [0.5, 0.6) is 5.75 Å². The number of imidazole rings is 1. The molecule has 1 fully saturated rings. The highest BCUT2D eigenvalue weighted by atomic mass is 32.2. The van der Waals surface area contributed by atoms with Gasteiger partial charge < -0.3 is 14.2 Å². The van der Waals surface area contributed by atoms with E-state index < -0.39 is 17.7 Å². The second-order valence-electron chi connectivity index (χ2n) is 11.3. The maximum Gasteiger partial charge on any atom is 0.301 e. The van der Waals surface area contributed by atoms with Crippen molar-refractivity contribution >= 4 is 51.3 Å². The molecule has 1 unspecified atom stereocenters. The van der Waals surface area contributed by atoms with Crippen molar-refractivity contribution < 1.29 is 23.8 Å². The SMILES string of the molecule is CCCCCCOc1ccc(C2/C(=C(\O)c3nc4c(C)cccn4c3C)C(=O)C(=O)N2c2nnc(SCc3ccc(F)cc3)s2)cc1. The number of anilines is 1. The first-order valence-electron chi connectivity index (χ1n) is 15.5. The molecule has 1 saturated heterocycles. The van der Waals surface area contributed by atoms with E-state index in [-0.39, 0.29) is 28.0 Å². The number of nitrogens with zero attached hydrogens (tertiary/aromatic N) is 5. The number of ketones is 1. The van der Waals surface area contributed by atoms with Gasteiger partial charge in [-0.05, 0) is 67.3 Å². The van der Waals surface area contributed by atoms with Gasteiger partial charge in [0.2, 0.25) is 5.13 Å². The van der Waals surface area contributed by atoms with Crippen molar-refractivity contribution in [3.8, 4) is 5.75 Å². The topological polar surface area (TPSA) is 110 Å².